The molecule has 0 bridgehead atoms. The van der Waals surface area contributed by atoms with Crippen LogP contribution < -0.4 is 5.32 Å². The van der Waals surface area contributed by atoms with Gasteiger partial charge < -0.3 is 10.2 Å². The molecule has 1 fully saturated rings. The third-order valence-electron chi connectivity index (χ3n) is 3.66. The maximum atomic E-state index is 12.4. The van der Waals surface area contributed by atoms with Gasteiger partial charge in [0.05, 0.1) is 11.6 Å². The summed E-state index contributed by atoms with van der Waals surface area (Å²) in [6.07, 6.45) is 4.64. The van der Waals surface area contributed by atoms with Gasteiger partial charge in [-0.1, -0.05) is 18.9 Å². The summed E-state index contributed by atoms with van der Waals surface area (Å²) in [5, 5.41) is 12.1. The smallest absolute Gasteiger partial charge is 0.244 e. The lowest BCUT2D eigenvalue weighted by Gasteiger charge is -2.25. The van der Waals surface area contributed by atoms with Crippen LogP contribution in [0.15, 0.2) is 24.3 Å². The summed E-state index contributed by atoms with van der Waals surface area (Å²) >= 11 is 0. The lowest BCUT2D eigenvalue weighted by molar-refractivity contribution is -0.131. The molecule has 1 amide bonds. The zero-order valence-corrected chi connectivity index (χ0v) is 11.9. The second-order valence-corrected chi connectivity index (χ2v) is 5.30. The van der Waals surface area contributed by atoms with Crippen LogP contribution in [0.4, 0.5) is 5.69 Å². The molecule has 0 radical (unpaired) electrons. The molecule has 0 saturated carbocycles. The molecule has 2 rings (SSSR count). The average Bonchev–Trinajstić information content (AvgIpc) is 2.75. The lowest BCUT2D eigenvalue weighted by atomic mass is 10.2. The predicted octanol–water partition coefficient (Wildman–Crippen LogP) is 2.76. The first-order valence-corrected chi connectivity index (χ1v) is 7.26. The first-order chi connectivity index (χ1) is 9.70. The van der Waals surface area contributed by atoms with Crippen LogP contribution in [0.25, 0.3) is 0 Å². The Balaban J connectivity index is 1.97. The van der Waals surface area contributed by atoms with Gasteiger partial charge in [0, 0.05) is 18.8 Å². The fourth-order valence-corrected chi connectivity index (χ4v) is 2.56. The normalized spacial score (nSPS) is 16.9. The number of benzene rings is 1. The molecule has 0 spiro atoms. The van der Waals surface area contributed by atoms with Gasteiger partial charge in [-0.05, 0) is 38.0 Å². The number of carbonyl (C=O) groups is 1. The summed E-state index contributed by atoms with van der Waals surface area (Å²) < 4.78 is 0. The molecule has 4 heteroatoms. The van der Waals surface area contributed by atoms with E-state index in [2.05, 4.69) is 11.4 Å². The number of hydrogen-bond acceptors (Lipinski definition) is 3. The number of likely N-dealkylation sites (tertiary alicyclic amines) is 1. The summed E-state index contributed by atoms with van der Waals surface area (Å²) in [6.45, 7) is 3.61. The van der Waals surface area contributed by atoms with Crippen LogP contribution in [-0.4, -0.2) is 29.9 Å². The maximum Gasteiger partial charge on any atom is 0.244 e. The molecule has 1 aromatic carbocycles. The summed E-state index contributed by atoms with van der Waals surface area (Å²) in [7, 11) is 0. The molecule has 1 N–H and O–H groups in total. The van der Waals surface area contributed by atoms with Crippen molar-refractivity contribution in [1.82, 2.24) is 4.90 Å². The van der Waals surface area contributed by atoms with Crippen LogP contribution in [-0.2, 0) is 4.79 Å². The molecule has 1 atom stereocenters. The van der Waals surface area contributed by atoms with E-state index in [4.69, 9.17) is 5.26 Å². The van der Waals surface area contributed by atoms with E-state index in [1.54, 1.807) is 12.1 Å². The van der Waals surface area contributed by atoms with Gasteiger partial charge in [0.15, 0.2) is 0 Å². The number of nitrogens with zero attached hydrogens (tertiary/aromatic N) is 2. The fraction of sp³-hybridized carbons (Fsp3) is 0.500. The minimum Gasteiger partial charge on any atom is -0.374 e. The Kier molecular flexibility index (Phi) is 5.00. The highest BCUT2D eigenvalue weighted by molar-refractivity contribution is 5.84. The highest BCUT2D eigenvalue weighted by Gasteiger charge is 2.21. The summed E-state index contributed by atoms with van der Waals surface area (Å²) in [4.78, 5) is 14.4. The standard InChI is InChI=1S/C16H21N3O/c1-13(16(20)19-9-4-2-3-5-10-19)18-15-8-6-7-14(11-15)12-17/h6-8,11,13,18H,2-5,9-10H2,1H3. The number of carbonyl (C=O) groups excluding carboxylic acids is 1. The second-order valence-electron chi connectivity index (χ2n) is 5.30. The van der Waals surface area contributed by atoms with E-state index in [0.717, 1.165) is 31.6 Å². The summed E-state index contributed by atoms with van der Waals surface area (Å²) in [6, 6.07) is 9.08. The van der Waals surface area contributed by atoms with Crippen molar-refractivity contribution in [3.63, 3.8) is 0 Å². The van der Waals surface area contributed by atoms with Crippen molar-refractivity contribution >= 4 is 11.6 Å². The van der Waals surface area contributed by atoms with E-state index >= 15 is 0 Å². The van der Waals surface area contributed by atoms with Crippen LogP contribution in [0.5, 0.6) is 0 Å². The molecule has 1 aromatic rings. The zero-order chi connectivity index (χ0) is 14.4. The Morgan fingerprint density at radius 2 is 2.00 bits per heavy atom. The van der Waals surface area contributed by atoms with Crippen molar-refractivity contribution < 1.29 is 4.79 Å². The van der Waals surface area contributed by atoms with Crippen LogP contribution >= 0.6 is 0 Å². The lowest BCUT2D eigenvalue weighted by Crippen LogP contribution is -2.41. The van der Waals surface area contributed by atoms with Gasteiger partial charge in [-0.3, -0.25) is 4.79 Å². The molecule has 1 unspecified atom stereocenters. The summed E-state index contributed by atoms with van der Waals surface area (Å²) in [5.41, 5.74) is 1.42. The maximum absolute atomic E-state index is 12.4. The van der Waals surface area contributed by atoms with Crippen LogP contribution in [0.3, 0.4) is 0 Å². The number of nitriles is 1. The van der Waals surface area contributed by atoms with Crippen LogP contribution in [0, 0.1) is 11.3 Å². The zero-order valence-electron chi connectivity index (χ0n) is 11.9. The van der Waals surface area contributed by atoms with E-state index in [0.29, 0.717) is 5.56 Å². The molecule has 0 aliphatic carbocycles. The molecule has 20 heavy (non-hydrogen) atoms. The highest BCUT2D eigenvalue weighted by atomic mass is 16.2. The Labute approximate surface area is 120 Å². The minimum absolute atomic E-state index is 0.147. The molecule has 1 aliphatic rings. The number of hydrogen-bond donors (Lipinski definition) is 1. The number of rotatable bonds is 3. The Hall–Kier alpha value is -2.02. The largest absolute Gasteiger partial charge is 0.374 e. The first-order valence-electron chi connectivity index (χ1n) is 7.26. The van der Waals surface area contributed by atoms with E-state index in [1.165, 1.54) is 12.8 Å². The van der Waals surface area contributed by atoms with Crippen molar-refractivity contribution in [3.05, 3.63) is 29.8 Å². The van der Waals surface area contributed by atoms with Crippen molar-refractivity contribution in [2.24, 2.45) is 0 Å². The van der Waals surface area contributed by atoms with Gasteiger partial charge in [0.25, 0.3) is 0 Å². The van der Waals surface area contributed by atoms with Gasteiger partial charge in [0.1, 0.15) is 6.04 Å². The van der Waals surface area contributed by atoms with Gasteiger partial charge in [-0.2, -0.15) is 5.26 Å². The Morgan fingerprint density at radius 1 is 1.30 bits per heavy atom. The first kappa shape index (κ1) is 14.4. The molecule has 0 aromatic heterocycles. The van der Waals surface area contributed by atoms with Crippen LogP contribution in [0.1, 0.15) is 38.2 Å². The Morgan fingerprint density at radius 3 is 2.65 bits per heavy atom. The van der Waals surface area contributed by atoms with E-state index in [1.807, 2.05) is 24.0 Å². The van der Waals surface area contributed by atoms with Crippen molar-refractivity contribution in [2.45, 2.75) is 38.6 Å². The number of nitrogens with one attached hydrogen (secondary N) is 1. The third-order valence-corrected chi connectivity index (χ3v) is 3.66. The number of amides is 1. The van der Waals surface area contributed by atoms with Gasteiger partial charge >= 0.3 is 0 Å². The average molecular weight is 271 g/mol. The highest BCUT2D eigenvalue weighted by Crippen LogP contribution is 2.14. The quantitative estimate of drug-likeness (QED) is 0.919. The Bertz CT molecular complexity index is 499. The second kappa shape index (κ2) is 6.95. The van der Waals surface area contributed by atoms with Crippen molar-refractivity contribution in [1.29, 1.82) is 5.26 Å². The molecular formula is C16H21N3O. The van der Waals surface area contributed by atoms with E-state index in [9.17, 15) is 4.79 Å². The topological polar surface area (TPSA) is 56.1 Å². The molecule has 1 saturated heterocycles. The van der Waals surface area contributed by atoms with Crippen molar-refractivity contribution in [3.8, 4) is 6.07 Å². The fourth-order valence-electron chi connectivity index (χ4n) is 2.56. The molecule has 106 valence electrons. The van der Waals surface area contributed by atoms with Crippen molar-refractivity contribution in [2.75, 3.05) is 18.4 Å². The molecular weight excluding hydrogens is 250 g/mol. The molecule has 1 aliphatic heterocycles. The summed E-state index contributed by atoms with van der Waals surface area (Å²) in [5.74, 6) is 0.147. The molecule has 4 nitrogen and oxygen atoms in total. The number of anilines is 1. The van der Waals surface area contributed by atoms with Gasteiger partial charge in [-0.15, -0.1) is 0 Å². The van der Waals surface area contributed by atoms with E-state index in [-0.39, 0.29) is 11.9 Å². The SMILES string of the molecule is CC(Nc1cccc(C#N)c1)C(=O)N1CCCCCC1. The predicted molar refractivity (Wildman–Crippen MR) is 79.3 cm³/mol. The van der Waals surface area contributed by atoms with Gasteiger partial charge in [0.2, 0.25) is 5.91 Å². The minimum atomic E-state index is -0.262. The molecule has 1 heterocycles. The van der Waals surface area contributed by atoms with Crippen LogP contribution in [0.2, 0.25) is 0 Å². The monoisotopic (exact) mass is 271 g/mol. The van der Waals surface area contributed by atoms with Gasteiger partial charge in [-0.25, -0.2) is 0 Å². The third kappa shape index (κ3) is 3.74. The van der Waals surface area contributed by atoms with E-state index < -0.39 is 0 Å².